The summed E-state index contributed by atoms with van der Waals surface area (Å²) in [5, 5.41) is 23.8. The third-order valence-corrected chi connectivity index (χ3v) is 2.79. The molecule has 0 spiro atoms. The highest BCUT2D eigenvalue weighted by Crippen LogP contribution is 2.17. The molecule has 5 nitrogen and oxygen atoms in total. The van der Waals surface area contributed by atoms with Gasteiger partial charge >= 0.3 is 0 Å². The van der Waals surface area contributed by atoms with Crippen molar-refractivity contribution in [1.82, 2.24) is 4.98 Å². The fraction of sp³-hybridized carbons (Fsp3) is 0.133. The van der Waals surface area contributed by atoms with E-state index >= 15 is 0 Å². The van der Waals surface area contributed by atoms with Crippen LogP contribution in [0.2, 0.25) is 0 Å². The van der Waals surface area contributed by atoms with Crippen LogP contribution >= 0.6 is 0 Å². The molecule has 0 radical (unpaired) electrons. The van der Waals surface area contributed by atoms with E-state index in [1.54, 1.807) is 30.5 Å². The van der Waals surface area contributed by atoms with E-state index < -0.39 is 5.82 Å². The SMILES string of the molecule is N#Cc1cccnc1NCCNc1cccc(F)c1C#N. The summed E-state index contributed by atoms with van der Waals surface area (Å²) in [5.74, 6) is -0.0477. The maximum atomic E-state index is 13.4. The molecule has 0 fully saturated rings. The van der Waals surface area contributed by atoms with Crippen molar-refractivity contribution < 1.29 is 4.39 Å². The third-order valence-electron chi connectivity index (χ3n) is 2.79. The van der Waals surface area contributed by atoms with Crippen LogP contribution in [0.25, 0.3) is 0 Å². The maximum absolute atomic E-state index is 13.4. The van der Waals surface area contributed by atoms with E-state index in [-0.39, 0.29) is 5.56 Å². The van der Waals surface area contributed by atoms with Gasteiger partial charge < -0.3 is 10.6 Å². The molecule has 2 rings (SSSR count). The summed E-state index contributed by atoms with van der Waals surface area (Å²) < 4.78 is 13.4. The molecule has 0 atom stereocenters. The second-order valence-corrected chi connectivity index (χ2v) is 4.14. The molecule has 21 heavy (non-hydrogen) atoms. The molecule has 1 aromatic heterocycles. The van der Waals surface area contributed by atoms with Gasteiger partial charge in [0, 0.05) is 19.3 Å². The van der Waals surface area contributed by atoms with Crippen molar-refractivity contribution in [3.8, 4) is 12.1 Å². The molecular weight excluding hydrogens is 269 g/mol. The highest BCUT2D eigenvalue weighted by Gasteiger charge is 2.07. The topological polar surface area (TPSA) is 84.5 Å². The number of nitrogens with one attached hydrogen (secondary N) is 2. The predicted octanol–water partition coefficient (Wildman–Crippen LogP) is 2.49. The van der Waals surface area contributed by atoms with E-state index in [1.807, 2.05) is 12.1 Å². The highest BCUT2D eigenvalue weighted by molar-refractivity contribution is 5.58. The molecule has 0 saturated heterocycles. The van der Waals surface area contributed by atoms with Gasteiger partial charge in [-0.05, 0) is 24.3 Å². The summed E-state index contributed by atoms with van der Waals surface area (Å²) >= 11 is 0. The first-order valence-electron chi connectivity index (χ1n) is 6.27. The largest absolute Gasteiger partial charge is 0.382 e. The lowest BCUT2D eigenvalue weighted by molar-refractivity contribution is 0.624. The van der Waals surface area contributed by atoms with E-state index in [4.69, 9.17) is 10.5 Å². The smallest absolute Gasteiger partial charge is 0.143 e. The number of pyridine rings is 1. The molecule has 1 heterocycles. The van der Waals surface area contributed by atoms with Gasteiger partial charge in [-0.1, -0.05) is 6.07 Å². The van der Waals surface area contributed by atoms with Crippen LogP contribution in [0.15, 0.2) is 36.5 Å². The van der Waals surface area contributed by atoms with Gasteiger partial charge in [0.15, 0.2) is 0 Å². The number of rotatable bonds is 5. The van der Waals surface area contributed by atoms with Crippen molar-refractivity contribution in [2.45, 2.75) is 0 Å². The van der Waals surface area contributed by atoms with Crippen molar-refractivity contribution in [3.63, 3.8) is 0 Å². The normalized spacial score (nSPS) is 9.48. The molecular formula is C15H12FN5. The van der Waals surface area contributed by atoms with Crippen LogP contribution < -0.4 is 10.6 Å². The maximum Gasteiger partial charge on any atom is 0.143 e. The second-order valence-electron chi connectivity index (χ2n) is 4.14. The molecule has 0 amide bonds. The number of halogens is 1. The Balaban J connectivity index is 1.93. The Kier molecular flexibility index (Phi) is 4.68. The summed E-state index contributed by atoms with van der Waals surface area (Å²) in [6.45, 7) is 0.937. The minimum Gasteiger partial charge on any atom is -0.382 e. The summed E-state index contributed by atoms with van der Waals surface area (Å²) in [5.41, 5.74) is 0.898. The minimum atomic E-state index is -0.549. The van der Waals surface area contributed by atoms with E-state index in [0.717, 1.165) is 0 Å². The summed E-state index contributed by atoms with van der Waals surface area (Å²) in [6.07, 6.45) is 1.59. The molecule has 0 aliphatic rings. The van der Waals surface area contributed by atoms with E-state index in [0.29, 0.717) is 30.2 Å². The zero-order chi connectivity index (χ0) is 15.1. The van der Waals surface area contributed by atoms with Crippen molar-refractivity contribution in [3.05, 3.63) is 53.5 Å². The summed E-state index contributed by atoms with van der Waals surface area (Å²) in [4.78, 5) is 4.07. The van der Waals surface area contributed by atoms with E-state index in [1.165, 1.54) is 6.07 Å². The van der Waals surface area contributed by atoms with Gasteiger partial charge in [0.2, 0.25) is 0 Å². The molecule has 0 aliphatic carbocycles. The zero-order valence-electron chi connectivity index (χ0n) is 11.1. The Morgan fingerprint density at radius 1 is 1.05 bits per heavy atom. The average Bonchev–Trinajstić information content (AvgIpc) is 2.52. The number of hydrogen-bond donors (Lipinski definition) is 2. The lowest BCUT2D eigenvalue weighted by Crippen LogP contribution is -2.15. The number of benzene rings is 1. The van der Waals surface area contributed by atoms with Crippen LogP contribution in [-0.4, -0.2) is 18.1 Å². The Hall–Kier alpha value is -3.12. The first-order chi connectivity index (χ1) is 10.3. The number of hydrogen-bond acceptors (Lipinski definition) is 5. The van der Waals surface area contributed by atoms with Crippen molar-refractivity contribution in [2.24, 2.45) is 0 Å². The van der Waals surface area contributed by atoms with Crippen molar-refractivity contribution in [2.75, 3.05) is 23.7 Å². The van der Waals surface area contributed by atoms with Crippen molar-refractivity contribution in [1.29, 1.82) is 10.5 Å². The van der Waals surface area contributed by atoms with Gasteiger partial charge in [0.1, 0.15) is 29.3 Å². The van der Waals surface area contributed by atoms with E-state index in [2.05, 4.69) is 15.6 Å². The van der Waals surface area contributed by atoms with Crippen LogP contribution in [0.3, 0.4) is 0 Å². The number of anilines is 2. The molecule has 0 saturated carbocycles. The average molecular weight is 281 g/mol. The van der Waals surface area contributed by atoms with Gasteiger partial charge in [-0.2, -0.15) is 10.5 Å². The van der Waals surface area contributed by atoms with E-state index in [9.17, 15) is 4.39 Å². The monoisotopic (exact) mass is 281 g/mol. The number of aromatic nitrogens is 1. The molecule has 1 aromatic carbocycles. The molecule has 0 bridgehead atoms. The molecule has 0 unspecified atom stereocenters. The van der Waals surface area contributed by atoms with Crippen LogP contribution in [0.5, 0.6) is 0 Å². The Bertz CT molecular complexity index is 715. The lowest BCUT2D eigenvalue weighted by Gasteiger charge is -2.10. The fourth-order valence-corrected chi connectivity index (χ4v) is 1.80. The third kappa shape index (κ3) is 3.46. The Labute approximate surface area is 121 Å². The van der Waals surface area contributed by atoms with Gasteiger partial charge in [-0.3, -0.25) is 0 Å². The quantitative estimate of drug-likeness (QED) is 0.822. The molecule has 104 valence electrons. The van der Waals surface area contributed by atoms with Crippen LogP contribution in [0.1, 0.15) is 11.1 Å². The highest BCUT2D eigenvalue weighted by atomic mass is 19.1. The second kappa shape index (κ2) is 6.88. The summed E-state index contributed by atoms with van der Waals surface area (Å²) in [7, 11) is 0. The molecule has 2 N–H and O–H groups in total. The number of nitrogens with zero attached hydrogens (tertiary/aromatic N) is 3. The Morgan fingerprint density at radius 2 is 1.86 bits per heavy atom. The fourth-order valence-electron chi connectivity index (χ4n) is 1.80. The molecule has 2 aromatic rings. The number of nitriles is 2. The van der Waals surface area contributed by atoms with Crippen molar-refractivity contribution >= 4 is 11.5 Å². The van der Waals surface area contributed by atoms with Gasteiger partial charge in [-0.15, -0.1) is 0 Å². The Morgan fingerprint density at radius 3 is 2.62 bits per heavy atom. The zero-order valence-corrected chi connectivity index (χ0v) is 11.1. The molecule has 0 aliphatic heterocycles. The first-order valence-corrected chi connectivity index (χ1v) is 6.27. The van der Waals surface area contributed by atoms with Crippen LogP contribution in [0.4, 0.5) is 15.9 Å². The first kappa shape index (κ1) is 14.3. The predicted molar refractivity (Wildman–Crippen MR) is 77.0 cm³/mol. The van der Waals surface area contributed by atoms with Crippen LogP contribution in [0, 0.1) is 28.5 Å². The van der Waals surface area contributed by atoms with Gasteiger partial charge in [-0.25, -0.2) is 9.37 Å². The standard InChI is InChI=1S/C15H12FN5/c16-13-4-1-5-14(12(13)10-18)19-7-8-21-15-11(9-17)3-2-6-20-15/h1-6,19H,7-8H2,(H,20,21). The van der Waals surface area contributed by atoms with Gasteiger partial charge in [0.25, 0.3) is 0 Å². The molecule has 6 heteroatoms. The minimum absolute atomic E-state index is 0.00644. The summed E-state index contributed by atoms with van der Waals surface area (Å²) in [6, 6.07) is 11.7. The van der Waals surface area contributed by atoms with Crippen LogP contribution in [-0.2, 0) is 0 Å². The lowest BCUT2D eigenvalue weighted by atomic mass is 10.2. The van der Waals surface area contributed by atoms with Gasteiger partial charge in [0.05, 0.1) is 11.3 Å².